The van der Waals surface area contributed by atoms with Crippen LogP contribution in [0.3, 0.4) is 0 Å². The van der Waals surface area contributed by atoms with Gasteiger partial charge in [0.2, 0.25) is 5.88 Å². The molecule has 4 heteroatoms. The minimum Gasteiger partial charge on any atom is -0.494 e. The van der Waals surface area contributed by atoms with Crippen LogP contribution in [0.1, 0.15) is 25.5 Å². The molecule has 1 atom stereocenters. The van der Waals surface area contributed by atoms with Gasteiger partial charge < -0.3 is 14.8 Å². The highest BCUT2D eigenvalue weighted by atomic mass is 16.5. The first-order chi connectivity index (χ1) is 9.72. The van der Waals surface area contributed by atoms with Crippen LogP contribution in [0.5, 0.6) is 17.4 Å². The van der Waals surface area contributed by atoms with Gasteiger partial charge in [0.15, 0.2) is 0 Å². The van der Waals surface area contributed by atoms with E-state index in [1.54, 1.807) is 6.20 Å². The summed E-state index contributed by atoms with van der Waals surface area (Å²) in [6.07, 6.45) is 1.75. The van der Waals surface area contributed by atoms with E-state index in [1.165, 1.54) is 0 Å². The van der Waals surface area contributed by atoms with Gasteiger partial charge in [-0.3, -0.25) is 0 Å². The molecule has 1 N–H and O–H groups in total. The molecule has 2 rings (SSSR count). The molecule has 0 spiro atoms. The summed E-state index contributed by atoms with van der Waals surface area (Å²) in [4.78, 5) is 4.24. The molecule has 1 heterocycles. The molecule has 0 aliphatic carbocycles. The van der Waals surface area contributed by atoms with Crippen molar-refractivity contribution < 1.29 is 9.47 Å². The predicted octanol–water partition coefficient (Wildman–Crippen LogP) is 3.55. The normalized spacial score (nSPS) is 11.9. The third-order valence-electron chi connectivity index (χ3n) is 3.03. The molecular weight excluding hydrogens is 252 g/mol. The summed E-state index contributed by atoms with van der Waals surface area (Å²) in [5, 5.41) is 3.19. The van der Waals surface area contributed by atoms with Crippen LogP contribution in [0.25, 0.3) is 0 Å². The lowest BCUT2D eigenvalue weighted by Crippen LogP contribution is -2.12. The molecule has 4 nitrogen and oxygen atoms in total. The van der Waals surface area contributed by atoms with Gasteiger partial charge in [0, 0.05) is 24.4 Å². The molecule has 20 heavy (non-hydrogen) atoms. The second-order valence-corrected chi connectivity index (χ2v) is 4.45. The summed E-state index contributed by atoms with van der Waals surface area (Å²) in [5.41, 5.74) is 1.14. The van der Waals surface area contributed by atoms with Crippen LogP contribution in [0.2, 0.25) is 0 Å². The third-order valence-corrected chi connectivity index (χ3v) is 3.03. The fourth-order valence-electron chi connectivity index (χ4n) is 1.83. The Balaban J connectivity index is 2.15. The second kappa shape index (κ2) is 6.91. The molecule has 0 fully saturated rings. The largest absolute Gasteiger partial charge is 0.494 e. The number of benzene rings is 1. The maximum absolute atomic E-state index is 5.78. The average molecular weight is 272 g/mol. The van der Waals surface area contributed by atoms with Gasteiger partial charge in [-0.2, -0.15) is 0 Å². The number of hydrogen-bond acceptors (Lipinski definition) is 4. The Kier molecular flexibility index (Phi) is 4.96. The number of nitrogens with one attached hydrogen (secondary N) is 1. The van der Waals surface area contributed by atoms with E-state index >= 15 is 0 Å². The number of rotatable bonds is 6. The number of aromatic nitrogens is 1. The Morgan fingerprint density at radius 1 is 1.20 bits per heavy atom. The number of nitrogens with zero attached hydrogens (tertiary/aromatic N) is 1. The van der Waals surface area contributed by atoms with Gasteiger partial charge in [-0.15, -0.1) is 0 Å². The predicted molar refractivity (Wildman–Crippen MR) is 79.4 cm³/mol. The van der Waals surface area contributed by atoms with Crippen LogP contribution in [0, 0.1) is 0 Å². The molecule has 0 bridgehead atoms. The van der Waals surface area contributed by atoms with Gasteiger partial charge in [0.25, 0.3) is 0 Å². The van der Waals surface area contributed by atoms with Crippen LogP contribution in [0.15, 0.2) is 42.6 Å². The molecule has 2 aromatic rings. The molecular formula is C16H20N2O2. The topological polar surface area (TPSA) is 43.4 Å². The van der Waals surface area contributed by atoms with Gasteiger partial charge in [0.1, 0.15) is 11.5 Å². The van der Waals surface area contributed by atoms with Crippen LogP contribution in [-0.4, -0.2) is 18.6 Å². The standard InChI is InChI=1S/C16H20N2O2/c1-4-19-14-6-5-7-15(11-14)20-16-10-13(8-9-18-16)12(2)17-3/h5-12,17H,4H2,1-3H3. The first kappa shape index (κ1) is 14.3. The van der Waals surface area contributed by atoms with Gasteiger partial charge in [0.05, 0.1) is 6.61 Å². The van der Waals surface area contributed by atoms with E-state index < -0.39 is 0 Å². The zero-order chi connectivity index (χ0) is 14.4. The maximum Gasteiger partial charge on any atom is 0.219 e. The van der Waals surface area contributed by atoms with Crippen molar-refractivity contribution in [2.45, 2.75) is 19.9 Å². The lowest BCUT2D eigenvalue weighted by atomic mass is 10.1. The van der Waals surface area contributed by atoms with Crippen LogP contribution < -0.4 is 14.8 Å². The first-order valence-corrected chi connectivity index (χ1v) is 6.77. The zero-order valence-corrected chi connectivity index (χ0v) is 12.1. The van der Waals surface area contributed by atoms with Crippen molar-refractivity contribution in [2.75, 3.05) is 13.7 Å². The molecule has 1 aromatic carbocycles. The van der Waals surface area contributed by atoms with E-state index in [1.807, 2.05) is 50.4 Å². The monoisotopic (exact) mass is 272 g/mol. The number of hydrogen-bond donors (Lipinski definition) is 1. The lowest BCUT2D eigenvalue weighted by molar-refractivity contribution is 0.338. The van der Waals surface area contributed by atoms with Crippen molar-refractivity contribution in [3.05, 3.63) is 48.2 Å². The van der Waals surface area contributed by atoms with Crippen molar-refractivity contribution in [1.82, 2.24) is 10.3 Å². The highest BCUT2D eigenvalue weighted by molar-refractivity contribution is 5.36. The SMILES string of the molecule is CCOc1cccc(Oc2cc(C(C)NC)ccn2)c1. The molecule has 0 saturated heterocycles. The van der Waals surface area contributed by atoms with Gasteiger partial charge >= 0.3 is 0 Å². The molecule has 0 aliphatic heterocycles. The Morgan fingerprint density at radius 3 is 2.75 bits per heavy atom. The molecule has 106 valence electrons. The van der Waals surface area contributed by atoms with Gasteiger partial charge in [-0.25, -0.2) is 4.98 Å². The van der Waals surface area contributed by atoms with Gasteiger partial charge in [-0.1, -0.05) is 6.07 Å². The lowest BCUT2D eigenvalue weighted by Gasteiger charge is -2.12. The fourth-order valence-corrected chi connectivity index (χ4v) is 1.83. The Hall–Kier alpha value is -2.07. The summed E-state index contributed by atoms with van der Waals surface area (Å²) in [6.45, 7) is 4.68. The van der Waals surface area contributed by atoms with E-state index in [-0.39, 0.29) is 6.04 Å². The van der Waals surface area contributed by atoms with E-state index in [2.05, 4.69) is 17.2 Å². The van der Waals surface area contributed by atoms with Crippen molar-refractivity contribution >= 4 is 0 Å². The van der Waals surface area contributed by atoms with Crippen molar-refractivity contribution in [2.24, 2.45) is 0 Å². The van der Waals surface area contributed by atoms with E-state index in [0.717, 1.165) is 17.1 Å². The number of pyridine rings is 1. The Morgan fingerprint density at radius 2 is 2.00 bits per heavy atom. The minimum atomic E-state index is 0.259. The van der Waals surface area contributed by atoms with E-state index in [0.29, 0.717) is 12.5 Å². The summed E-state index contributed by atoms with van der Waals surface area (Å²) < 4.78 is 11.2. The highest BCUT2D eigenvalue weighted by Gasteiger charge is 2.06. The van der Waals surface area contributed by atoms with Crippen molar-refractivity contribution in [1.29, 1.82) is 0 Å². The third kappa shape index (κ3) is 3.71. The van der Waals surface area contributed by atoms with Crippen LogP contribution in [0.4, 0.5) is 0 Å². The molecule has 1 unspecified atom stereocenters. The van der Waals surface area contributed by atoms with Crippen LogP contribution >= 0.6 is 0 Å². The molecule has 1 aromatic heterocycles. The number of ether oxygens (including phenoxy) is 2. The second-order valence-electron chi connectivity index (χ2n) is 4.45. The molecule has 0 saturated carbocycles. The summed E-state index contributed by atoms with van der Waals surface area (Å²) in [6, 6.07) is 11.7. The summed E-state index contributed by atoms with van der Waals surface area (Å²) in [5.74, 6) is 2.10. The van der Waals surface area contributed by atoms with Crippen LogP contribution in [-0.2, 0) is 0 Å². The quantitative estimate of drug-likeness (QED) is 0.873. The highest BCUT2D eigenvalue weighted by Crippen LogP contribution is 2.25. The Bertz CT molecular complexity index is 558. The first-order valence-electron chi connectivity index (χ1n) is 6.77. The maximum atomic E-state index is 5.78. The van der Waals surface area contributed by atoms with E-state index in [4.69, 9.17) is 9.47 Å². The summed E-state index contributed by atoms with van der Waals surface area (Å²) >= 11 is 0. The van der Waals surface area contributed by atoms with Crippen molar-refractivity contribution in [3.8, 4) is 17.4 Å². The summed E-state index contributed by atoms with van der Waals surface area (Å²) in [7, 11) is 1.93. The average Bonchev–Trinajstić information content (AvgIpc) is 2.47. The fraction of sp³-hybridized carbons (Fsp3) is 0.312. The smallest absolute Gasteiger partial charge is 0.219 e. The minimum absolute atomic E-state index is 0.259. The zero-order valence-electron chi connectivity index (χ0n) is 12.1. The van der Waals surface area contributed by atoms with Gasteiger partial charge in [-0.05, 0) is 44.7 Å². The molecule has 0 radical (unpaired) electrons. The molecule has 0 amide bonds. The Labute approximate surface area is 119 Å². The molecule has 0 aliphatic rings. The van der Waals surface area contributed by atoms with Crippen molar-refractivity contribution in [3.63, 3.8) is 0 Å². The van der Waals surface area contributed by atoms with E-state index in [9.17, 15) is 0 Å².